The summed E-state index contributed by atoms with van der Waals surface area (Å²) in [5.41, 5.74) is 3.59. The summed E-state index contributed by atoms with van der Waals surface area (Å²) in [6.07, 6.45) is 2.80. The molecule has 0 saturated carbocycles. The van der Waals surface area contributed by atoms with Crippen LogP contribution in [0.4, 0.5) is 0 Å². The molecule has 2 N–H and O–H groups in total. The summed E-state index contributed by atoms with van der Waals surface area (Å²) in [6, 6.07) is 0.282. The highest BCUT2D eigenvalue weighted by Crippen LogP contribution is 2.14. The zero-order chi connectivity index (χ0) is 20.1. The maximum atomic E-state index is 5.14. The van der Waals surface area contributed by atoms with Crippen molar-refractivity contribution in [3.63, 3.8) is 0 Å². The van der Waals surface area contributed by atoms with Crippen molar-refractivity contribution in [2.75, 3.05) is 20.2 Å². The molecule has 3 heterocycles. The van der Waals surface area contributed by atoms with Gasteiger partial charge in [0.25, 0.3) is 0 Å². The third-order valence-electron chi connectivity index (χ3n) is 5.15. The van der Waals surface area contributed by atoms with Crippen molar-refractivity contribution in [1.82, 2.24) is 35.2 Å². The van der Waals surface area contributed by atoms with Crippen LogP contribution < -0.4 is 10.6 Å². The van der Waals surface area contributed by atoms with Gasteiger partial charge in [0.15, 0.2) is 11.8 Å². The number of guanidine groups is 1. The second kappa shape index (κ2) is 9.18. The molecule has 154 valence electrons. The number of nitrogens with one attached hydrogen (secondary N) is 2. The third kappa shape index (κ3) is 4.70. The normalized spacial score (nSPS) is 16.9. The van der Waals surface area contributed by atoms with Gasteiger partial charge in [-0.1, -0.05) is 0 Å². The number of nitrogens with zero attached hydrogens (tertiary/aromatic N) is 6. The number of hydrogen-bond donors (Lipinski definition) is 2. The first-order valence-electron chi connectivity index (χ1n) is 9.97. The standard InChI is InChI=1S/C19H32N8O/c1-6-20-19(21-10-9-16-13(2)24-26(4)14(16)3)22-15-7-8-18-23-17(12-28-5)25-27(18)11-15/h15H,6-12H2,1-5H3,(H2,20,21,22). The van der Waals surface area contributed by atoms with E-state index in [9.17, 15) is 0 Å². The minimum Gasteiger partial charge on any atom is -0.377 e. The van der Waals surface area contributed by atoms with E-state index >= 15 is 0 Å². The van der Waals surface area contributed by atoms with Crippen molar-refractivity contribution in [2.45, 2.75) is 59.2 Å². The summed E-state index contributed by atoms with van der Waals surface area (Å²) in [4.78, 5) is 9.31. The van der Waals surface area contributed by atoms with Crippen LogP contribution in [0.25, 0.3) is 0 Å². The summed E-state index contributed by atoms with van der Waals surface area (Å²) < 4.78 is 9.06. The molecule has 0 saturated heterocycles. The van der Waals surface area contributed by atoms with Crippen LogP contribution in [-0.2, 0) is 37.8 Å². The molecular weight excluding hydrogens is 356 g/mol. The van der Waals surface area contributed by atoms with E-state index in [2.05, 4.69) is 46.6 Å². The fourth-order valence-electron chi connectivity index (χ4n) is 3.64. The Kier molecular flexibility index (Phi) is 6.66. The average molecular weight is 389 g/mol. The second-order valence-electron chi connectivity index (χ2n) is 7.22. The first kappa shape index (κ1) is 20.3. The monoisotopic (exact) mass is 388 g/mol. The molecule has 2 aromatic heterocycles. The van der Waals surface area contributed by atoms with Crippen molar-refractivity contribution >= 4 is 5.96 Å². The fraction of sp³-hybridized carbons (Fsp3) is 0.684. The van der Waals surface area contributed by atoms with E-state index in [-0.39, 0.29) is 6.04 Å². The van der Waals surface area contributed by atoms with Crippen molar-refractivity contribution in [3.8, 4) is 0 Å². The number of aryl methyl sites for hydroxylation is 3. The molecule has 0 amide bonds. The molecule has 28 heavy (non-hydrogen) atoms. The molecule has 9 nitrogen and oxygen atoms in total. The van der Waals surface area contributed by atoms with Crippen molar-refractivity contribution in [2.24, 2.45) is 12.0 Å². The SMILES string of the molecule is CCNC(=NCCc1c(C)nn(C)c1C)NC1CCc2nc(COC)nn2C1. The Hall–Kier alpha value is -2.42. The molecule has 0 fully saturated rings. The number of rotatable bonds is 7. The summed E-state index contributed by atoms with van der Waals surface area (Å²) in [5.74, 6) is 2.64. The van der Waals surface area contributed by atoms with Crippen molar-refractivity contribution in [3.05, 3.63) is 28.6 Å². The lowest BCUT2D eigenvalue weighted by Gasteiger charge is -2.25. The molecule has 0 radical (unpaired) electrons. The van der Waals surface area contributed by atoms with Crippen LogP contribution in [-0.4, -0.2) is 56.7 Å². The Morgan fingerprint density at radius 2 is 2.14 bits per heavy atom. The summed E-state index contributed by atoms with van der Waals surface area (Å²) in [7, 11) is 3.65. The minimum atomic E-state index is 0.282. The minimum absolute atomic E-state index is 0.282. The van der Waals surface area contributed by atoms with Gasteiger partial charge in [-0.2, -0.15) is 10.2 Å². The van der Waals surface area contributed by atoms with Gasteiger partial charge in [0.2, 0.25) is 0 Å². The molecular formula is C19H32N8O. The average Bonchev–Trinajstić information content (AvgIpc) is 3.16. The lowest BCUT2D eigenvalue weighted by Crippen LogP contribution is -2.47. The molecule has 0 bridgehead atoms. The molecule has 0 aromatic carbocycles. The number of aliphatic imine (C=N–C) groups is 1. The van der Waals surface area contributed by atoms with Crippen LogP contribution >= 0.6 is 0 Å². The van der Waals surface area contributed by atoms with E-state index in [0.29, 0.717) is 6.61 Å². The molecule has 1 unspecified atom stereocenters. The lowest BCUT2D eigenvalue weighted by atomic mass is 10.1. The van der Waals surface area contributed by atoms with Crippen molar-refractivity contribution in [1.29, 1.82) is 0 Å². The largest absolute Gasteiger partial charge is 0.377 e. The summed E-state index contributed by atoms with van der Waals surface area (Å²) in [5, 5.41) is 15.9. The van der Waals surface area contributed by atoms with Crippen LogP contribution in [0.2, 0.25) is 0 Å². The molecule has 3 rings (SSSR count). The first-order chi connectivity index (χ1) is 13.5. The smallest absolute Gasteiger partial charge is 0.191 e. The van der Waals surface area contributed by atoms with Crippen molar-refractivity contribution < 1.29 is 4.74 Å². The second-order valence-corrected chi connectivity index (χ2v) is 7.22. The molecule has 1 aliphatic heterocycles. The molecule has 0 aliphatic carbocycles. The van der Waals surface area contributed by atoms with E-state index in [1.54, 1.807) is 7.11 Å². The van der Waals surface area contributed by atoms with E-state index in [4.69, 9.17) is 9.73 Å². The van der Waals surface area contributed by atoms with E-state index < -0.39 is 0 Å². The van der Waals surface area contributed by atoms with Crippen LogP contribution in [0, 0.1) is 13.8 Å². The maximum Gasteiger partial charge on any atom is 0.191 e. The van der Waals surface area contributed by atoms with Gasteiger partial charge in [-0.3, -0.25) is 9.67 Å². The Bertz CT molecular complexity index is 822. The summed E-state index contributed by atoms with van der Waals surface area (Å²) >= 11 is 0. The molecule has 9 heteroatoms. The number of fused-ring (bicyclic) bond motifs is 1. The Balaban J connectivity index is 1.60. The van der Waals surface area contributed by atoms with E-state index in [0.717, 1.165) is 62.2 Å². The number of ether oxygens (including phenoxy) is 1. The van der Waals surface area contributed by atoms with E-state index in [1.807, 2.05) is 16.4 Å². The topological polar surface area (TPSA) is 94.2 Å². The lowest BCUT2D eigenvalue weighted by molar-refractivity contribution is 0.177. The molecule has 1 aliphatic rings. The Labute approximate surface area is 166 Å². The number of aromatic nitrogens is 5. The van der Waals surface area contributed by atoms with Gasteiger partial charge in [0.1, 0.15) is 12.4 Å². The number of hydrogen-bond acceptors (Lipinski definition) is 5. The molecule has 2 aromatic rings. The van der Waals surface area contributed by atoms with Gasteiger partial charge in [-0.05, 0) is 39.2 Å². The quantitative estimate of drug-likeness (QED) is 0.540. The predicted octanol–water partition coefficient (Wildman–Crippen LogP) is 0.887. The Morgan fingerprint density at radius 1 is 1.32 bits per heavy atom. The van der Waals surface area contributed by atoms with E-state index in [1.165, 1.54) is 11.3 Å². The highest BCUT2D eigenvalue weighted by atomic mass is 16.5. The molecule has 1 atom stereocenters. The summed E-state index contributed by atoms with van der Waals surface area (Å²) in [6.45, 7) is 9.05. The highest BCUT2D eigenvalue weighted by molar-refractivity contribution is 5.80. The number of methoxy groups -OCH3 is 1. The third-order valence-corrected chi connectivity index (χ3v) is 5.15. The predicted molar refractivity (Wildman–Crippen MR) is 108 cm³/mol. The van der Waals surface area contributed by atoms with Crippen LogP contribution in [0.15, 0.2) is 4.99 Å². The maximum absolute atomic E-state index is 5.14. The van der Waals surface area contributed by atoms with Crippen LogP contribution in [0.1, 0.15) is 41.9 Å². The van der Waals surface area contributed by atoms with Gasteiger partial charge in [-0.15, -0.1) is 0 Å². The fourth-order valence-corrected chi connectivity index (χ4v) is 3.64. The zero-order valence-electron chi connectivity index (χ0n) is 17.6. The van der Waals surface area contributed by atoms with Gasteiger partial charge in [-0.25, -0.2) is 9.67 Å². The van der Waals surface area contributed by atoms with Gasteiger partial charge >= 0.3 is 0 Å². The zero-order valence-corrected chi connectivity index (χ0v) is 17.6. The van der Waals surface area contributed by atoms with Crippen LogP contribution in [0.3, 0.4) is 0 Å². The van der Waals surface area contributed by atoms with Gasteiger partial charge in [0, 0.05) is 45.4 Å². The highest BCUT2D eigenvalue weighted by Gasteiger charge is 2.22. The Morgan fingerprint density at radius 3 is 2.82 bits per heavy atom. The van der Waals surface area contributed by atoms with Gasteiger partial charge < -0.3 is 15.4 Å². The van der Waals surface area contributed by atoms with Crippen LogP contribution in [0.5, 0.6) is 0 Å². The van der Waals surface area contributed by atoms with Gasteiger partial charge in [0.05, 0.1) is 12.2 Å². The first-order valence-corrected chi connectivity index (χ1v) is 9.97. The molecule has 0 spiro atoms.